The van der Waals surface area contributed by atoms with Crippen molar-refractivity contribution < 1.29 is 5.11 Å². The number of hydrogen-bond acceptors (Lipinski definition) is 3. The summed E-state index contributed by atoms with van der Waals surface area (Å²) in [6.07, 6.45) is 4.79. The molecule has 1 atom stereocenters. The molecule has 1 aliphatic rings. The predicted molar refractivity (Wildman–Crippen MR) is 79.6 cm³/mol. The molecule has 19 heavy (non-hydrogen) atoms. The van der Waals surface area contributed by atoms with Crippen LogP contribution in [0.1, 0.15) is 36.4 Å². The zero-order chi connectivity index (χ0) is 13.8. The van der Waals surface area contributed by atoms with Gasteiger partial charge in [0, 0.05) is 6.04 Å². The molecule has 1 aromatic carbocycles. The summed E-state index contributed by atoms with van der Waals surface area (Å²) in [7, 11) is 6.45. The summed E-state index contributed by atoms with van der Waals surface area (Å²) in [5.74, 6) is 0.396. The molecule has 3 heteroatoms. The topological polar surface area (TPSA) is 26.7 Å². The van der Waals surface area contributed by atoms with Crippen molar-refractivity contribution in [3.8, 4) is 5.75 Å². The Morgan fingerprint density at radius 1 is 1.21 bits per heavy atom. The minimum absolute atomic E-state index is 0.396. The van der Waals surface area contributed by atoms with E-state index in [0.29, 0.717) is 11.8 Å². The molecule has 0 saturated carbocycles. The molecule has 106 valence electrons. The van der Waals surface area contributed by atoms with Gasteiger partial charge in [-0.1, -0.05) is 6.07 Å². The maximum atomic E-state index is 9.71. The summed E-state index contributed by atoms with van der Waals surface area (Å²) in [6.45, 7) is 2.24. The lowest BCUT2D eigenvalue weighted by atomic mass is 9.86. The van der Waals surface area contributed by atoms with Crippen molar-refractivity contribution in [3.05, 3.63) is 29.3 Å². The Hall–Kier alpha value is -1.06. The first-order chi connectivity index (χ1) is 9.08. The lowest BCUT2D eigenvalue weighted by Crippen LogP contribution is -2.30. The van der Waals surface area contributed by atoms with Crippen LogP contribution in [0, 0.1) is 0 Å². The van der Waals surface area contributed by atoms with E-state index >= 15 is 0 Å². The van der Waals surface area contributed by atoms with Crippen molar-refractivity contribution in [1.82, 2.24) is 9.80 Å². The number of aromatic hydroxyl groups is 1. The molecule has 2 rings (SSSR count). The minimum atomic E-state index is 0.396. The molecule has 0 bridgehead atoms. The first-order valence-corrected chi connectivity index (χ1v) is 7.24. The SMILES string of the molecule is CN(C)CCCN(C)C1CCCc2ccc(O)cc21. The normalized spacial score (nSPS) is 18.9. The third-order valence-electron chi connectivity index (χ3n) is 4.06. The number of hydrogen-bond donors (Lipinski definition) is 1. The van der Waals surface area contributed by atoms with E-state index in [4.69, 9.17) is 0 Å². The molecule has 0 aliphatic heterocycles. The molecule has 1 N–H and O–H groups in total. The average molecular weight is 262 g/mol. The van der Waals surface area contributed by atoms with Crippen molar-refractivity contribution in [2.24, 2.45) is 0 Å². The van der Waals surface area contributed by atoms with Gasteiger partial charge in [-0.25, -0.2) is 0 Å². The number of phenolic OH excluding ortho intramolecular Hbond substituents is 1. The minimum Gasteiger partial charge on any atom is -0.508 e. The molecule has 0 heterocycles. The number of rotatable bonds is 5. The molecule has 1 unspecified atom stereocenters. The van der Waals surface area contributed by atoms with Gasteiger partial charge >= 0.3 is 0 Å². The van der Waals surface area contributed by atoms with E-state index in [1.54, 1.807) is 0 Å². The second-order valence-corrected chi connectivity index (χ2v) is 5.93. The van der Waals surface area contributed by atoms with Crippen LogP contribution in [0.5, 0.6) is 5.75 Å². The fraction of sp³-hybridized carbons (Fsp3) is 0.625. The zero-order valence-corrected chi connectivity index (χ0v) is 12.4. The molecular formula is C16H26N2O. The maximum Gasteiger partial charge on any atom is 0.115 e. The molecule has 0 radical (unpaired) electrons. The third kappa shape index (κ3) is 3.71. The second-order valence-electron chi connectivity index (χ2n) is 5.93. The Kier molecular flexibility index (Phi) is 4.83. The highest BCUT2D eigenvalue weighted by Crippen LogP contribution is 2.35. The Labute approximate surface area is 116 Å². The summed E-state index contributed by atoms with van der Waals surface area (Å²) in [5.41, 5.74) is 2.74. The van der Waals surface area contributed by atoms with Gasteiger partial charge in [0.05, 0.1) is 0 Å². The lowest BCUT2D eigenvalue weighted by molar-refractivity contribution is 0.210. The molecule has 1 aliphatic carbocycles. The van der Waals surface area contributed by atoms with Gasteiger partial charge in [0.15, 0.2) is 0 Å². The molecule has 1 aromatic rings. The number of aryl methyl sites for hydroxylation is 1. The van der Waals surface area contributed by atoms with Crippen LogP contribution in [0.3, 0.4) is 0 Å². The summed E-state index contributed by atoms with van der Waals surface area (Å²) in [4.78, 5) is 4.68. The molecule has 0 saturated heterocycles. The third-order valence-corrected chi connectivity index (χ3v) is 4.06. The molecule has 3 nitrogen and oxygen atoms in total. The van der Waals surface area contributed by atoms with Gasteiger partial charge in [0.2, 0.25) is 0 Å². The molecule has 0 spiro atoms. The van der Waals surface area contributed by atoms with Crippen molar-refractivity contribution in [3.63, 3.8) is 0 Å². The van der Waals surface area contributed by atoms with E-state index in [1.165, 1.54) is 30.4 Å². The van der Waals surface area contributed by atoms with Crippen LogP contribution >= 0.6 is 0 Å². The second kappa shape index (κ2) is 6.40. The zero-order valence-electron chi connectivity index (χ0n) is 12.4. The van der Waals surface area contributed by atoms with Crippen molar-refractivity contribution in [1.29, 1.82) is 0 Å². The average Bonchev–Trinajstić information content (AvgIpc) is 2.37. The standard InChI is InChI=1S/C16H26N2O/c1-17(2)10-5-11-18(3)16-7-4-6-13-8-9-14(19)12-15(13)16/h8-9,12,16,19H,4-7,10-11H2,1-3H3. The van der Waals surface area contributed by atoms with Crippen LogP contribution in [0.2, 0.25) is 0 Å². The maximum absolute atomic E-state index is 9.71. The number of benzene rings is 1. The smallest absolute Gasteiger partial charge is 0.115 e. The van der Waals surface area contributed by atoms with Gasteiger partial charge in [0.25, 0.3) is 0 Å². The molecule has 0 fully saturated rings. The highest BCUT2D eigenvalue weighted by molar-refractivity contribution is 5.38. The quantitative estimate of drug-likeness (QED) is 0.883. The summed E-state index contributed by atoms with van der Waals surface area (Å²) >= 11 is 0. The van der Waals surface area contributed by atoms with Gasteiger partial charge in [0.1, 0.15) is 5.75 Å². The first-order valence-electron chi connectivity index (χ1n) is 7.24. The van der Waals surface area contributed by atoms with Gasteiger partial charge in [-0.2, -0.15) is 0 Å². The highest BCUT2D eigenvalue weighted by atomic mass is 16.3. The van der Waals surface area contributed by atoms with E-state index in [9.17, 15) is 5.11 Å². The number of phenols is 1. The predicted octanol–water partition coefficient (Wildman–Crippen LogP) is 2.65. The van der Waals surface area contributed by atoms with E-state index < -0.39 is 0 Å². The fourth-order valence-corrected chi connectivity index (χ4v) is 3.01. The summed E-state index contributed by atoms with van der Waals surface area (Å²) < 4.78 is 0. The largest absolute Gasteiger partial charge is 0.508 e. The highest BCUT2D eigenvalue weighted by Gasteiger charge is 2.23. The van der Waals surface area contributed by atoms with Crippen LogP contribution in [0.4, 0.5) is 0 Å². The Morgan fingerprint density at radius 2 is 2.00 bits per heavy atom. The van der Waals surface area contributed by atoms with E-state index in [2.05, 4.69) is 37.0 Å². The Bertz CT molecular complexity index is 417. The molecule has 0 amide bonds. The molecular weight excluding hydrogens is 236 g/mol. The monoisotopic (exact) mass is 262 g/mol. The first kappa shape index (κ1) is 14.4. The Balaban J connectivity index is 2.03. The van der Waals surface area contributed by atoms with E-state index in [-0.39, 0.29) is 0 Å². The van der Waals surface area contributed by atoms with Gasteiger partial charge in [-0.15, -0.1) is 0 Å². The van der Waals surface area contributed by atoms with Crippen LogP contribution in [0.15, 0.2) is 18.2 Å². The lowest BCUT2D eigenvalue weighted by Gasteiger charge is -2.33. The van der Waals surface area contributed by atoms with E-state index in [1.807, 2.05) is 12.1 Å². The van der Waals surface area contributed by atoms with Crippen LogP contribution in [-0.4, -0.2) is 49.1 Å². The Morgan fingerprint density at radius 3 is 2.74 bits per heavy atom. The van der Waals surface area contributed by atoms with E-state index in [0.717, 1.165) is 19.5 Å². The van der Waals surface area contributed by atoms with Crippen molar-refractivity contribution in [2.75, 3.05) is 34.2 Å². The van der Waals surface area contributed by atoms with Crippen LogP contribution < -0.4 is 0 Å². The summed E-state index contributed by atoms with van der Waals surface area (Å²) in [5, 5.41) is 9.71. The van der Waals surface area contributed by atoms with Gasteiger partial charge in [-0.05, 0) is 83.2 Å². The van der Waals surface area contributed by atoms with Crippen LogP contribution in [0.25, 0.3) is 0 Å². The van der Waals surface area contributed by atoms with Crippen molar-refractivity contribution in [2.45, 2.75) is 31.7 Å². The number of nitrogens with zero attached hydrogens (tertiary/aromatic N) is 2. The van der Waals surface area contributed by atoms with Gasteiger partial charge in [-0.3, -0.25) is 4.90 Å². The molecule has 0 aromatic heterocycles. The summed E-state index contributed by atoms with van der Waals surface area (Å²) in [6, 6.07) is 6.33. The van der Waals surface area contributed by atoms with Gasteiger partial charge < -0.3 is 10.0 Å². The van der Waals surface area contributed by atoms with Crippen molar-refractivity contribution >= 4 is 0 Å². The fourth-order valence-electron chi connectivity index (χ4n) is 3.01. The van der Waals surface area contributed by atoms with Crippen LogP contribution in [-0.2, 0) is 6.42 Å². The number of fused-ring (bicyclic) bond motifs is 1.